The lowest BCUT2D eigenvalue weighted by molar-refractivity contribution is 0.0785. The van der Waals surface area contributed by atoms with Crippen LogP contribution in [0.25, 0.3) is 0 Å². The quantitative estimate of drug-likeness (QED) is 0.837. The van der Waals surface area contributed by atoms with Crippen LogP contribution in [0.15, 0.2) is 42.6 Å². The summed E-state index contributed by atoms with van der Waals surface area (Å²) in [7, 11) is 0. The molecule has 1 aliphatic rings. The molecule has 1 atom stereocenters. The van der Waals surface area contributed by atoms with Crippen molar-refractivity contribution >= 4 is 29.1 Å². The van der Waals surface area contributed by atoms with Gasteiger partial charge in [-0.25, -0.2) is 0 Å². The Labute approximate surface area is 133 Å². The third-order valence-corrected chi connectivity index (χ3v) is 4.51. The Morgan fingerprint density at radius 2 is 2.05 bits per heavy atom. The van der Waals surface area contributed by atoms with E-state index < -0.39 is 0 Å². The Hall–Kier alpha value is -1.58. The second kappa shape index (κ2) is 6.04. The third-order valence-electron chi connectivity index (χ3n) is 3.77. The summed E-state index contributed by atoms with van der Waals surface area (Å²) in [6.45, 7) is 1.42. The van der Waals surface area contributed by atoms with Crippen molar-refractivity contribution in [3.8, 4) is 0 Å². The molecule has 2 aromatic rings. The Bertz CT molecular complexity index is 661. The van der Waals surface area contributed by atoms with Gasteiger partial charge < -0.3 is 4.90 Å². The van der Waals surface area contributed by atoms with Gasteiger partial charge in [0, 0.05) is 25.2 Å². The summed E-state index contributed by atoms with van der Waals surface area (Å²) in [4.78, 5) is 18.3. The van der Waals surface area contributed by atoms with Crippen LogP contribution in [0.5, 0.6) is 0 Å². The monoisotopic (exact) mass is 320 g/mol. The maximum absolute atomic E-state index is 12.4. The van der Waals surface area contributed by atoms with Crippen molar-refractivity contribution in [1.29, 1.82) is 0 Å². The van der Waals surface area contributed by atoms with Gasteiger partial charge in [-0.05, 0) is 36.2 Å². The number of halogens is 2. The molecule has 1 fully saturated rings. The minimum atomic E-state index is -0.0156. The Morgan fingerprint density at radius 3 is 2.76 bits per heavy atom. The first-order chi connectivity index (χ1) is 10.1. The average Bonchev–Trinajstić information content (AvgIpc) is 3.00. The topological polar surface area (TPSA) is 33.2 Å². The lowest BCUT2D eigenvalue weighted by Gasteiger charge is -2.16. The predicted octanol–water partition coefficient (Wildman–Crippen LogP) is 4.02. The Morgan fingerprint density at radius 1 is 1.19 bits per heavy atom. The molecule has 0 radical (unpaired) electrons. The SMILES string of the molecule is O=C(c1ccccn1)N1CCC(c2ccc(Cl)c(Cl)c2)C1. The Kier molecular flexibility index (Phi) is 4.13. The highest BCUT2D eigenvalue weighted by atomic mass is 35.5. The van der Waals surface area contributed by atoms with E-state index in [0.29, 0.717) is 28.2 Å². The number of hydrogen-bond acceptors (Lipinski definition) is 2. The van der Waals surface area contributed by atoms with Crippen molar-refractivity contribution in [2.45, 2.75) is 12.3 Å². The zero-order valence-corrected chi connectivity index (χ0v) is 12.8. The first kappa shape index (κ1) is 14.4. The fraction of sp³-hybridized carbons (Fsp3) is 0.250. The van der Waals surface area contributed by atoms with Crippen LogP contribution in [0.3, 0.4) is 0 Å². The molecular formula is C16H14Cl2N2O. The van der Waals surface area contributed by atoms with Crippen molar-refractivity contribution in [1.82, 2.24) is 9.88 Å². The Balaban J connectivity index is 1.73. The van der Waals surface area contributed by atoms with E-state index in [4.69, 9.17) is 23.2 Å². The molecular weight excluding hydrogens is 307 g/mol. The van der Waals surface area contributed by atoms with Gasteiger partial charge in [-0.15, -0.1) is 0 Å². The van der Waals surface area contributed by atoms with Gasteiger partial charge in [0.1, 0.15) is 5.69 Å². The van der Waals surface area contributed by atoms with Gasteiger partial charge in [0.15, 0.2) is 0 Å². The van der Waals surface area contributed by atoms with Crippen LogP contribution < -0.4 is 0 Å². The van der Waals surface area contributed by atoms with Crippen LogP contribution >= 0.6 is 23.2 Å². The summed E-state index contributed by atoms with van der Waals surface area (Å²) < 4.78 is 0. The van der Waals surface area contributed by atoms with Crippen molar-refractivity contribution < 1.29 is 4.79 Å². The molecule has 1 unspecified atom stereocenters. The van der Waals surface area contributed by atoms with Crippen molar-refractivity contribution in [2.75, 3.05) is 13.1 Å². The molecule has 0 aliphatic carbocycles. The highest BCUT2D eigenvalue weighted by Gasteiger charge is 2.28. The molecule has 1 aromatic heterocycles. The average molecular weight is 321 g/mol. The molecule has 1 saturated heterocycles. The van der Waals surface area contributed by atoms with Gasteiger partial charge in [0.2, 0.25) is 0 Å². The molecule has 3 nitrogen and oxygen atoms in total. The fourth-order valence-electron chi connectivity index (χ4n) is 2.63. The normalized spacial score (nSPS) is 18.0. The molecule has 21 heavy (non-hydrogen) atoms. The molecule has 108 valence electrons. The molecule has 0 bridgehead atoms. The minimum Gasteiger partial charge on any atom is -0.337 e. The van der Waals surface area contributed by atoms with E-state index in [-0.39, 0.29) is 5.91 Å². The van der Waals surface area contributed by atoms with Crippen molar-refractivity contribution in [2.24, 2.45) is 0 Å². The van der Waals surface area contributed by atoms with E-state index in [9.17, 15) is 4.79 Å². The van der Waals surface area contributed by atoms with E-state index in [1.165, 1.54) is 0 Å². The van der Waals surface area contributed by atoms with Gasteiger partial charge >= 0.3 is 0 Å². The lowest BCUT2D eigenvalue weighted by atomic mass is 9.99. The van der Waals surface area contributed by atoms with E-state index in [0.717, 1.165) is 18.5 Å². The summed E-state index contributed by atoms with van der Waals surface area (Å²) in [6.07, 6.45) is 2.57. The van der Waals surface area contributed by atoms with Crippen LogP contribution in [0, 0.1) is 0 Å². The fourth-order valence-corrected chi connectivity index (χ4v) is 2.94. The molecule has 0 saturated carbocycles. The van der Waals surface area contributed by atoms with Crippen LogP contribution in [0.4, 0.5) is 0 Å². The number of benzene rings is 1. The van der Waals surface area contributed by atoms with Gasteiger partial charge in [0.05, 0.1) is 10.0 Å². The zero-order chi connectivity index (χ0) is 14.8. The number of carbonyl (C=O) groups is 1. The minimum absolute atomic E-state index is 0.0156. The van der Waals surface area contributed by atoms with Gasteiger partial charge in [-0.2, -0.15) is 0 Å². The molecule has 1 aliphatic heterocycles. The molecule has 2 heterocycles. The summed E-state index contributed by atoms with van der Waals surface area (Å²) >= 11 is 12.0. The predicted molar refractivity (Wildman–Crippen MR) is 84.0 cm³/mol. The van der Waals surface area contributed by atoms with Crippen molar-refractivity contribution in [3.05, 3.63) is 63.9 Å². The van der Waals surface area contributed by atoms with Crippen LogP contribution in [-0.4, -0.2) is 28.9 Å². The zero-order valence-electron chi connectivity index (χ0n) is 11.3. The van der Waals surface area contributed by atoms with Gasteiger partial charge in [-0.1, -0.05) is 35.3 Å². The smallest absolute Gasteiger partial charge is 0.272 e. The summed E-state index contributed by atoms with van der Waals surface area (Å²) in [5, 5.41) is 1.11. The highest BCUT2D eigenvalue weighted by molar-refractivity contribution is 6.42. The maximum Gasteiger partial charge on any atom is 0.272 e. The molecule has 5 heteroatoms. The summed E-state index contributed by atoms with van der Waals surface area (Å²) in [5.74, 6) is 0.283. The highest BCUT2D eigenvalue weighted by Crippen LogP contribution is 2.32. The molecule has 1 amide bonds. The number of aromatic nitrogens is 1. The maximum atomic E-state index is 12.4. The number of likely N-dealkylation sites (tertiary alicyclic amines) is 1. The van der Waals surface area contributed by atoms with E-state index in [2.05, 4.69) is 4.98 Å². The number of nitrogens with zero attached hydrogens (tertiary/aromatic N) is 2. The van der Waals surface area contributed by atoms with Crippen LogP contribution in [0.2, 0.25) is 10.0 Å². The second-order valence-corrected chi connectivity index (χ2v) is 5.94. The molecule has 0 spiro atoms. The van der Waals surface area contributed by atoms with Gasteiger partial charge in [0.25, 0.3) is 5.91 Å². The summed E-state index contributed by atoms with van der Waals surface area (Å²) in [5.41, 5.74) is 1.62. The first-order valence-corrected chi connectivity index (χ1v) is 7.56. The lowest BCUT2D eigenvalue weighted by Crippen LogP contribution is -2.29. The number of hydrogen-bond donors (Lipinski definition) is 0. The van der Waals surface area contributed by atoms with Gasteiger partial charge in [-0.3, -0.25) is 9.78 Å². The summed E-state index contributed by atoms with van der Waals surface area (Å²) in [6, 6.07) is 11.1. The first-order valence-electron chi connectivity index (χ1n) is 6.80. The standard InChI is InChI=1S/C16H14Cl2N2O/c17-13-5-4-11(9-14(13)18)12-6-8-20(10-12)16(21)15-3-1-2-7-19-15/h1-5,7,9,12H,6,8,10H2. The molecule has 3 rings (SSSR count). The van der Waals surface area contributed by atoms with Crippen molar-refractivity contribution in [3.63, 3.8) is 0 Å². The largest absolute Gasteiger partial charge is 0.337 e. The molecule has 1 aromatic carbocycles. The van der Waals surface area contributed by atoms with Crippen LogP contribution in [-0.2, 0) is 0 Å². The number of pyridine rings is 1. The second-order valence-electron chi connectivity index (χ2n) is 5.13. The number of amides is 1. The van der Waals surface area contributed by atoms with E-state index >= 15 is 0 Å². The number of carbonyl (C=O) groups excluding carboxylic acids is 1. The van der Waals surface area contributed by atoms with E-state index in [1.807, 2.05) is 29.2 Å². The number of rotatable bonds is 2. The van der Waals surface area contributed by atoms with E-state index in [1.54, 1.807) is 18.3 Å². The van der Waals surface area contributed by atoms with Crippen LogP contribution in [0.1, 0.15) is 28.4 Å². The molecule has 0 N–H and O–H groups in total. The third kappa shape index (κ3) is 3.04.